The van der Waals surface area contributed by atoms with Crippen LogP contribution in [0.2, 0.25) is 0 Å². The third kappa shape index (κ3) is 1.96. The van der Waals surface area contributed by atoms with Crippen LogP contribution in [0.25, 0.3) is 5.76 Å². The SMILES string of the molecule is NCC(=O)/C=C(\O)c1ccco1. The molecule has 0 bridgehead atoms. The number of aliphatic hydroxyl groups excluding tert-OH is 1. The molecule has 0 saturated heterocycles. The monoisotopic (exact) mass is 167 g/mol. The molecule has 0 aliphatic carbocycles. The Balaban J connectivity index is 2.77. The zero-order valence-electron chi connectivity index (χ0n) is 6.36. The first-order valence-electron chi connectivity index (χ1n) is 3.41. The normalized spacial score (nSPS) is 11.6. The van der Waals surface area contributed by atoms with Gasteiger partial charge in [0.05, 0.1) is 12.8 Å². The minimum absolute atomic E-state index is 0.120. The maximum atomic E-state index is 10.7. The summed E-state index contributed by atoms with van der Waals surface area (Å²) in [5.41, 5.74) is 5.04. The fourth-order valence-corrected chi connectivity index (χ4v) is 0.707. The largest absolute Gasteiger partial charge is 0.504 e. The smallest absolute Gasteiger partial charge is 0.173 e. The van der Waals surface area contributed by atoms with E-state index in [-0.39, 0.29) is 23.8 Å². The molecule has 0 aliphatic heterocycles. The molecule has 3 N–H and O–H groups in total. The van der Waals surface area contributed by atoms with Crippen molar-refractivity contribution >= 4 is 11.5 Å². The summed E-state index contributed by atoms with van der Waals surface area (Å²) in [6.07, 6.45) is 2.45. The van der Waals surface area contributed by atoms with Crippen molar-refractivity contribution in [2.75, 3.05) is 6.54 Å². The van der Waals surface area contributed by atoms with Crippen molar-refractivity contribution in [3.05, 3.63) is 30.2 Å². The van der Waals surface area contributed by atoms with Crippen molar-refractivity contribution in [3.63, 3.8) is 0 Å². The number of rotatable bonds is 3. The van der Waals surface area contributed by atoms with E-state index in [1.165, 1.54) is 6.26 Å². The van der Waals surface area contributed by atoms with Gasteiger partial charge >= 0.3 is 0 Å². The number of ketones is 1. The molecular weight excluding hydrogens is 158 g/mol. The minimum Gasteiger partial charge on any atom is -0.504 e. The number of nitrogens with two attached hydrogens (primary N) is 1. The number of aliphatic hydroxyl groups is 1. The van der Waals surface area contributed by atoms with Crippen molar-refractivity contribution < 1.29 is 14.3 Å². The van der Waals surface area contributed by atoms with E-state index in [9.17, 15) is 9.90 Å². The lowest BCUT2D eigenvalue weighted by molar-refractivity contribution is -0.113. The van der Waals surface area contributed by atoms with Crippen LogP contribution >= 0.6 is 0 Å². The Morgan fingerprint density at radius 3 is 3.00 bits per heavy atom. The first-order chi connectivity index (χ1) is 5.74. The van der Waals surface area contributed by atoms with Crippen molar-refractivity contribution in [2.24, 2.45) is 5.73 Å². The van der Waals surface area contributed by atoms with Crippen LogP contribution in [-0.2, 0) is 4.79 Å². The van der Waals surface area contributed by atoms with Gasteiger partial charge in [0.15, 0.2) is 17.3 Å². The fraction of sp³-hybridized carbons (Fsp3) is 0.125. The Labute approximate surface area is 69.3 Å². The van der Waals surface area contributed by atoms with E-state index in [0.717, 1.165) is 6.08 Å². The van der Waals surface area contributed by atoms with Crippen molar-refractivity contribution in [1.82, 2.24) is 0 Å². The molecule has 0 aliphatic rings. The Morgan fingerprint density at radius 1 is 1.75 bits per heavy atom. The van der Waals surface area contributed by atoms with E-state index in [1.54, 1.807) is 12.1 Å². The summed E-state index contributed by atoms with van der Waals surface area (Å²) in [4.78, 5) is 10.7. The van der Waals surface area contributed by atoms with Crippen molar-refractivity contribution in [2.45, 2.75) is 0 Å². The molecule has 1 aromatic rings. The summed E-state index contributed by atoms with van der Waals surface area (Å²) in [5.74, 6) is -0.281. The third-order valence-corrected chi connectivity index (χ3v) is 1.27. The highest BCUT2D eigenvalue weighted by atomic mass is 16.4. The van der Waals surface area contributed by atoms with E-state index in [2.05, 4.69) is 0 Å². The summed E-state index contributed by atoms with van der Waals surface area (Å²) in [6.45, 7) is -0.120. The number of hydrogen-bond acceptors (Lipinski definition) is 4. The molecule has 0 spiro atoms. The summed E-state index contributed by atoms with van der Waals surface area (Å²) in [7, 11) is 0. The van der Waals surface area contributed by atoms with Crippen LogP contribution in [0.4, 0.5) is 0 Å². The van der Waals surface area contributed by atoms with E-state index < -0.39 is 0 Å². The molecule has 0 amide bonds. The summed E-state index contributed by atoms with van der Waals surface area (Å²) in [5, 5.41) is 9.20. The van der Waals surface area contributed by atoms with Gasteiger partial charge < -0.3 is 15.3 Å². The van der Waals surface area contributed by atoms with Gasteiger partial charge in [0.2, 0.25) is 0 Å². The second-order valence-electron chi connectivity index (χ2n) is 2.18. The molecule has 1 rings (SSSR count). The van der Waals surface area contributed by atoms with Crippen LogP contribution < -0.4 is 5.73 Å². The molecule has 0 atom stereocenters. The predicted molar refractivity (Wildman–Crippen MR) is 43.4 cm³/mol. The quantitative estimate of drug-likeness (QED) is 0.513. The van der Waals surface area contributed by atoms with E-state index >= 15 is 0 Å². The first kappa shape index (κ1) is 8.55. The van der Waals surface area contributed by atoms with E-state index in [0.29, 0.717) is 0 Å². The van der Waals surface area contributed by atoms with Crippen LogP contribution in [0.5, 0.6) is 0 Å². The number of carbonyl (C=O) groups is 1. The summed E-state index contributed by atoms with van der Waals surface area (Å²) in [6, 6.07) is 3.17. The molecule has 1 heterocycles. The molecule has 12 heavy (non-hydrogen) atoms. The number of furan rings is 1. The molecule has 0 radical (unpaired) electrons. The molecule has 0 saturated carbocycles. The standard InChI is InChI=1S/C8H9NO3/c9-5-6(10)4-7(11)8-2-1-3-12-8/h1-4,11H,5,9H2/b7-4-. The molecule has 0 aromatic carbocycles. The highest BCUT2D eigenvalue weighted by Gasteiger charge is 2.03. The van der Waals surface area contributed by atoms with Crippen LogP contribution in [0, 0.1) is 0 Å². The van der Waals surface area contributed by atoms with Gasteiger partial charge in [-0.25, -0.2) is 0 Å². The Bertz CT molecular complexity index is 287. The van der Waals surface area contributed by atoms with Gasteiger partial charge in [0.25, 0.3) is 0 Å². The minimum atomic E-state index is -0.344. The molecule has 0 unspecified atom stereocenters. The third-order valence-electron chi connectivity index (χ3n) is 1.27. The highest BCUT2D eigenvalue weighted by Crippen LogP contribution is 2.10. The van der Waals surface area contributed by atoms with Crippen LogP contribution in [-0.4, -0.2) is 17.4 Å². The van der Waals surface area contributed by atoms with Crippen molar-refractivity contribution in [1.29, 1.82) is 0 Å². The zero-order chi connectivity index (χ0) is 8.97. The zero-order valence-corrected chi connectivity index (χ0v) is 6.36. The van der Waals surface area contributed by atoms with Gasteiger partial charge in [0, 0.05) is 6.08 Å². The number of hydrogen-bond donors (Lipinski definition) is 2. The van der Waals surface area contributed by atoms with Crippen molar-refractivity contribution in [3.8, 4) is 0 Å². The molecule has 0 fully saturated rings. The molecule has 1 aromatic heterocycles. The number of carbonyl (C=O) groups excluding carboxylic acids is 1. The average Bonchev–Trinajstić information content (AvgIpc) is 2.56. The first-order valence-corrected chi connectivity index (χ1v) is 3.41. The predicted octanol–water partition coefficient (Wildman–Crippen LogP) is 0.706. The lowest BCUT2D eigenvalue weighted by atomic mass is 10.3. The van der Waals surface area contributed by atoms with Gasteiger partial charge in [0.1, 0.15) is 0 Å². The highest BCUT2D eigenvalue weighted by molar-refractivity contribution is 5.96. The van der Waals surface area contributed by atoms with Crippen LogP contribution in [0.3, 0.4) is 0 Å². The molecule has 4 heteroatoms. The Hall–Kier alpha value is -1.55. The fourth-order valence-electron chi connectivity index (χ4n) is 0.707. The molecule has 64 valence electrons. The van der Waals surface area contributed by atoms with Crippen LogP contribution in [0.1, 0.15) is 5.76 Å². The second-order valence-corrected chi connectivity index (χ2v) is 2.18. The Kier molecular flexibility index (Phi) is 2.66. The lowest BCUT2D eigenvalue weighted by Gasteiger charge is -1.92. The molecular formula is C8H9NO3. The average molecular weight is 167 g/mol. The van der Waals surface area contributed by atoms with Crippen LogP contribution in [0.15, 0.2) is 28.9 Å². The van der Waals surface area contributed by atoms with Gasteiger partial charge in [-0.2, -0.15) is 0 Å². The summed E-state index contributed by atoms with van der Waals surface area (Å²) >= 11 is 0. The lowest BCUT2D eigenvalue weighted by Crippen LogP contribution is -2.10. The Morgan fingerprint density at radius 2 is 2.50 bits per heavy atom. The van der Waals surface area contributed by atoms with Gasteiger partial charge in [-0.05, 0) is 12.1 Å². The van der Waals surface area contributed by atoms with E-state index in [1.807, 2.05) is 0 Å². The second kappa shape index (κ2) is 3.73. The summed E-state index contributed by atoms with van der Waals surface area (Å²) < 4.78 is 4.83. The topological polar surface area (TPSA) is 76.5 Å². The maximum absolute atomic E-state index is 10.7. The molecule has 4 nitrogen and oxygen atoms in total. The van der Waals surface area contributed by atoms with E-state index in [4.69, 9.17) is 10.2 Å². The van der Waals surface area contributed by atoms with Gasteiger partial charge in [-0.1, -0.05) is 0 Å². The van der Waals surface area contributed by atoms with Gasteiger partial charge in [-0.3, -0.25) is 4.79 Å². The maximum Gasteiger partial charge on any atom is 0.173 e. The van der Waals surface area contributed by atoms with Gasteiger partial charge in [-0.15, -0.1) is 0 Å².